The van der Waals surface area contributed by atoms with Gasteiger partial charge in [0, 0.05) is 13.1 Å². The van der Waals surface area contributed by atoms with Crippen LogP contribution in [0.5, 0.6) is 0 Å². The third-order valence-electron chi connectivity index (χ3n) is 2.92. The molecule has 8 heteroatoms. The monoisotopic (exact) mass is 285 g/mol. The molecule has 0 bridgehead atoms. The van der Waals surface area contributed by atoms with Crippen LogP contribution < -0.4 is 10.0 Å². The van der Waals surface area contributed by atoms with E-state index in [0.717, 1.165) is 25.9 Å². The van der Waals surface area contributed by atoms with E-state index in [0.29, 0.717) is 13.1 Å². The summed E-state index contributed by atoms with van der Waals surface area (Å²) in [6.07, 6.45) is -0.929. The Hall–Kier alpha value is -0.310. The lowest BCUT2D eigenvalue weighted by atomic mass is 10.00. The van der Waals surface area contributed by atoms with Crippen molar-refractivity contribution in [1.82, 2.24) is 14.3 Å². The molecule has 1 saturated heterocycles. The van der Waals surface area contributed by atoms with Crippen LogP contribution in [-0.2, 0) is 10.2 Å². The van der Waals surface area contributed by atoms with Crippen molar-refractivity contribution in [3.8, 4) is 0 Å². The predicted molar refractivity (Wildman–Crippen MR) is 65.8 cm³/mol. The molecule has 1 aliphatic rings. The van der Waals surface area contributed by atoms with Crippen molar-refractivity contribution in [1.29, 1.82) is 0 Å². The number of rotatable bonds is 7. The smallest absolute Gasteiger partial charge is 0.279 e. The first-order valence-corrected chi connectivity index (χ1v) is 7.63. The molecule has 0 aromatic carbocycles. The fourth-order valence-corrected chi connectivity index (χ4v) is 3.32. The standard InChI is InChI=1S/C10H21F2N3O2S/c1-2-13-6-9-4-3-5-15(8-9)18(16,17)14-7-10(11)12/h9-10,13-14H,2-8H2,1H3. The molecule has 1 rings (SSSR count). The molecule has 1 fully saturated rings. The van der Waals surface area contributed by atoms with E-state index < -0.39 is 23.2 Å². The second-order valence-corrected chi connectivity index (χ2v) is 6.17. The molecule has 1 aliphatic heterocycles. The summed E-state index contributed by atoms with van der Waals surface area (Å²) >= 11 is 0. The summed E-state index contributed by atoms with van der Waals surface area (Å²) in [6, 6.07) is 0. The van der Waals surface area contributed by atoms with Gasteiger partial charge in [-0.2, -0.15) is 17.4 Å². The number of piperidine rings is 1. The Labute approximate surface area is 107 Å². The maximum absolute atomic E-state index is 12.0. The van der Waals surface area contributed by atoms with E-state index in [4.69, 9.17) is 0 Å². The summed E-state index contributed by atoms with van der Waals surface area (Å²) in [5, 5.41) is 3.18. The summed E-state index contributed by atoms with van der Waals surface area (Å²) in [4.78, 5) is 0. The van der Waals surface area contributed by atoms with Gasteiger partial charge >= 0.3 is 0 Å². The minimum absolute atomic E-state index is 0.252. The van der Waals surface area contributed by atoms with Crippen LogP contribution >= 0.6 is 0 Å². The van der Waals surface area contributed by atoms with E-state index in [-0.39, 0.29) is 5.92 Å². The first-order chi connectivity index (χ1) is 8.45. The van der Waals surface area contributed by atoms with Gasteiger partial charge < -0.3 is 5.32 Å². The van der Waals surface area contributed by atoms with Crippen molar-refractivity contribution in [2.24, 2.45) is 5.92 Å². The zero-order valence-electron chi connectivity index (χ0n) is 10.5. The molecule has 0 amide bonds. The lowest BCUT2D eigenvalue weighted by Gasteiger charge is -2.31. The van der Waals surface area contributed by atoms with Gasteiger partial charge in [0.25, 0.3) is 16.6 Å². The maximum Gasteiger partial charge on any atom is 0.279 e. The highest BCUT2D eigenvalue weighted by Gasteiger charge is 2.28. The minimum atomic E-state index is -3.76. The third-order valence-corrected chi connectivity index (χ3v) is 4.47. The Morgan fingerprint density at radius 2 is 2.17 bits per heavy atom. The van der Waals surface area contributed by atoms with Gasteiger partial charge in [-0.1, -0.05) is 6.92 Å². The molecule has 5 nitrogen and oxygen atoms in total. The summed E-state index contributed by atoms with van der Waals surface area (Å²) in [5.41, 5.74) is 0. The summed E-state index contributed by atoms with van der Waals surface area (Å²) in [6.45, 7) is 3.56. The highest BCUT2D eigenvalue weighted by molar-refractivity contribution is 7.87. The number of hydrogen-bond acceptors (Lipinski definition) is 3. The topological polar surface area (TPSA) is 61.4 Å². The molecule has 2 N–H and O–H groups in total. The van der Waals surface area contributed by atoms with Crippen molar-refractivity contribution in [3.63, 3.8) is 0 Å². The Bertz CT molecular complexity index is 338. The van der Waals surface area contributed by atoms with Crippen LogP contribution in [0, 0.1) is 5.92 Å². The molecule has 0 spiro atoms. The molecular formula is C10H21F2N3O2S. The van der Waals surface area contributed by atoms with E-state index >= 15 is 0 Å². The number of alkyl halides is 2. The second-order valence-electron chi connectivity index (χ2n) is 4.42. The molecule has 0 aromatic rings. The molecule has 1 unspecified atom stereocenters. The maximum atomic E-state index is 12.0. The van der Waals surface area contributed by atoms with Gasteiger partial charge in [-0.3, -0.25) is 0 Å². The molecular weight excluding hydrogens is 264 g/mol. The van der Waals surface area contributed by atoms with Crippen LogP contribution in [0.1, 0.15) is 19.8 Å². The van der Waals surface area contributed by atoms with Gasteiger partial charge in [0.05, 0.1) is 6.54 Å². The Kier molecular flexibility index (Phi) is 6.40. The Morgan fingerprint density at radius 1 is 1.44 bits per heavy atom. The van der Waals surface area contributed by atoms with Gasteiger partial charge in [-0.25, -0.2) is 8.78 Å². The van der Waals surface area contributed by atoms with Crippen LogP contribution in [0.25, 0.3) is 0 Å². The summed E-state index contributed by atoms with van der Waals surface area (Å²) in [5.74, 6) is 0.252. The zero-order valence-corrected chi connectivity index (χ0v) is 11.3. The van der Waals surface area contributed by atoms with Crippen molar-refractivity contribution in [2.75, 3.05) is 32.7 Å². The van der Waals surface area contributed by atoms with Crippen molar-refractivity contribution < 1.29 is 17.2 Å². The first kappa shape index (κ1) is 15.7. The zero-order chi connectivity index (χ0) is 13.6. The van der Waals surface area contributed by atoms with Crippen LogP contribution in [-0.4, -0.2) is 51.9 Å². The first-order valence-electron chi connectivity index (χ1n) is 6.19. The number of halogens is 2. The van der Waals surface area contributed by atoms with E-state index in [2.05, 4.69) is 5.32 Å². The highest BCUT2D eigenvalue weighted by Crippen LogP contribution is 2.18. The molecule has 1 heterocycles. The van der Waals surface area contributed by atoms with Crippen LogP contribution in [0.3, 0.4) is 0 Å². The molecule has 1 atom stereocenters. The van der Waals surface area contributed by atoms with Crippen LogP contribution in [0.2, 0.25) is 0 Å². The van der Waals surface area contributed by atoms with Crippen molar-refractivity contribution in [2.45, 2.75) is 26.2 Å². The van der Waals surface area contributed by atoms with E-state index in [1.807, 2.05) is 11.6 Å². The lowest BCUT2D eigenvalue weighted by molar-refractivity contribution is 0.151. The predicted octanol–water partition coefficient (Wildman–Crippen LogP) is 0.407. The van der Waals surface area contributed by atoms with Crippen molar-refractivity contribution >= 4 is 10.2 Å². The van der Waals surface area contributed by atoms with Gasteiger partial charge in [0.15, 0.2) is 0 Å². The second kappa shape index (κ2) is 7.32. The molecule has 0 aromatic heterocycles. The third kappa shape index (κ3) is 5.13. The molecule has 0 saturated carbocycles. The Morgan fingerprint density at radius 3 is 2.78 bits per heavy atom. The van der Waals surface area contributed by atoms with E-state index in [1.165, 1.54) is 4.31 Å². The average molecular weight is 285 g/mol. The average Bonchev–Trinajstić information content (AvgIpc) is 2.34. The van der Waals surface area contributed by atoms with Crippen LogP contribution in [0.4, 0.5) is 8.78 Å². The normalized spacial score (nSPS) is 22.6. The largest absolute Gasteiger partial charge is 0.317 e. The molecule has 18 heavy (non-hydrogen) atoms. The molecule has 0 aliphatic carbocycles. The lowest BCUT2D eigenvalue weighted by Crippen LogP contribution is -2.48. The fraction of sp³-hybridized carbons (Fsp3) is 1.00. The SMILES string of the molecule is CCNCC1CCCN(S(=O)(=O)NCC(F)F)C1. The quantitative estimate of drug-likeness (QED) is 0.712. The number of nitrogens with one attached hydrogen (secondary N) is 2. The minimum Gasteiger partial charge on any atom is -0.317 e. The summed E-state index contributed by atoms with van der Waals surface area (Å²) in [7, 11) is -3.76. The van der Waals surface area contributed by atoms with Crippen LogP contribution in [0.15, 0.2) is 0 Å². The van der Waals surface area contributed by atoms with Gasteiger partial charge in [-0.05, 0) is 31.8 Å². The summed E-state index contributed by atoms with van der Waals surface area (Å²) < 4.78 is 50.8. The van der Waals surface area contributed by atoms with Gasteiger partial charge in [0.1, 0.15) is 0 Å². The van der Waals surface area contributed by atoms with Crippen molar-refractivity contribution in [3.05, 3.63) is 0 Å². The van der Waals surface area contributed by atoms with E-state index in [1.54, 1.807) is 0 Å². The van der Waals surface area contributed by atoms with E-state index in [9.17, 15) is 17.2 Å². The fourth-order valence-electron chi connectivity index (χ4n) is 2.02. The van der Waals surface area contributed by atoms with Gasteiger partial charge in [0.2, 0.25) is 0 Å². The number of nitrogens with zero attached hydrogens (tertiary/aromatic N) is 1. The molecule has 0 radical (unpaired) electrons. The highest BCUT2D eigenvalue weighted by atomic mass is 32.2. The van der Waals surface area contributed by atoms with Gasteiger partial charge in [-0.15, -0.1) is 0 Å². The Balaban J connectivity index is 2.49. The molecule has 108 valence electrons. The number of hydrogen-bond donors (Lipinski definition) is 2.